The molecule has 0 saturated heterocycles. The minimum atomic E-state index is -0.175. The van der Waals surface area contributed by atoms with Crippen LogP contribution in [0, 0.1) is 5.92 Å². The maximum absolute atomic E-state index is 9.55. The molecule has 0 amide bonds. The van der Waals surface area contributed by atoms with Crippen molar-refractivity contribution in [1.29, 1.82) is 0 Å². The van der Waals surface area contributed by atoms with Crippen LogP contribution in [0.25, 0.3) is 0 Å². The highest BCUT2D eigenvalue weighted by molar-refractivity contribution is 5.78. The number of guanidine groups is 1. The zero-order valence-corrected chi connectivity index (χ0v) is 9.03. The fourth-order valence-corrected chi connectivity index (χ4v) is 1.79. The van der Waals surface area contributed by atoms with Gasteiger partial charge >= 0.3 is 0 Å². The molecule has 4 heteroatoms. The van der Waals surface area contributed by atoms with Crippen molar-refractivity contribution in [2.24, 2.45) is 16.6 Å². The zero-order chi connectivity index (χ0) is 10.6. The molecule has 0 aliphatic heterocycles. The Labute approximate surface area is 85.6 Å². The Kier molecular flexibility index (Phi) is 4.20. The molecule has 82 valence electrons. The molecule has 0 aromatic carbocycles. The van der Waals surface area contributed by atoms with Crippen LogP contribution in [0.15, 0.2) is 4.99 Å². The summed E-state index contributed by atoms with van der Waals surface area (Å²) < 4.78 is 0. The van der Waals surface area contributed by atoms with E-state index in [9.17, 15) is 5.11 Å². The zero-order valence-electron chi connectivity index (χ0n) is 9.03. The molecule has 1 aliphatic rings. The molecule has 0 radical (unpaired) electrons. The highest BCUT2D eigenvalue weighted by Gasteiger charge is 2.24. The van der Waals surface area contributed by atoms with Crippen LogP contribution in [0.4, 0.5) is 0 Å². The maximum Gasteiger partial charge on any atom is 0.188 e. The number of hydrogen-bond donors (Lipinski definition) is 3. The van der Waals surface area contributed by atoms with Crippen LogP contribution in [0.5, 0.6) is 0 Å². The first-order valence-electron chi connectivity index (χ1n) is 5.34. The average Bonchev–Trinajstić information content (AvgIpc) is 2.46. The van der Waals surface area contributed by atoms with Gasteiger partial charge in [0.2, 0.25) is 0 Å². The molecule has 0 spiro atoms. The van der Waals surface area contributed by atoms with Gasteiger partial charge in [0.1, 0.15) is 0 Å². The third-order valence-electron chi connectivity index (χ3n) is 2.55. The number of nitrogens with zero attached hydrogens (tertiary/aromatic N) is 1. The summed E-state index contributed by atoms with van der Waals surface area (Å²) in [6, 6.07) is 0.312. The van der Waals surface area contributed by atoms with E-state index in [1.165, 1.54) is 0 Å². The van der Waals surface area contributed by atoms with E-state index in [4.69, 9.17) is 5.73 Å². The molecule has 0 aromatic rings. The summed E-state index contributed by atoms with van der Waals surface area (Å²) in [7, 11) is 0. The molecule has 2 atom stereocenters. The number of nitrogens with one attached hydrogen (secondary N) is 1. The summed E-state index contributed by atoms with van der Waals surface area (Å²) in [5.74, 6) is 0.793. The first kappa shape index (κ1) is 11.3. The molecule has 4 nitrogen and oxygen atoms in total. The molecule has 0 bridgehead atoms. The van der Waals surface area contributed by atoms with Crippen LogP contribution < -0.4 is 11.1 Å². The van der Waals surface area contributed by atoms with Gasteiger partial charge in [-0.15, -0.1) is 0 Å². The highest BCUT2D eigenvalue weighted by Crippen LogP contribution is 2.25. The fourth-order valence-electron chi connectivity index (χ4n) is 1.79. The van der Waals surface area contributed by atoms with E-state index in [1.807, 2.05) is 13.8 Å². The van der Waals surface area contributed by atoms with Gasteiger partial charge in [-0.05, 0) is 26.7 Å². The summed E-state index contributed by atoms with van der Waals surface area (Å²) in [5, 5.41) is 12.6. The third-order valence-corrected chi connectivity index (χ3v) is 2.55. The van der Waals surface area contributed by atoms with E-state index >= 15 is 0 Å². The van der Waals surface area contributed by atoms with Crippen LogP contribution in [0.2, 0.25) is 0 Å². The molecule has 0 aromatic heterocycles. The first-order valence-corrected chi connectivity index (χ1v) is 5.34. The molecule has 2 unspecified atom stereocenters. The quantitative estimate of drug-likeness (QED) is 0.457. The van der Waals surface area contributed by atoms with E-state index in [-0.39, 0.29) is 6.10 Å². The standard InChI is InChI=1S/C10H21N3O/c1-7(2)13-10(11)12-6-8-4-3-5-9(8)14/h7-9,14H,3-6H2,1-2H3,(H3,11,12,13). The highest BCUT2D eigenvalue weighted by atomic mass is 16.3. The molecular formula is C10H21N3O. The normalized spacial score (nSPS) is 28.4. The van der Waals surface area contributed by atoms with Gasteiger partial charge in [-0.25, -0.2) is 0 Å². The second-order valence-electron chi connectivity index (χ2n) is 4.28. The van der Waals surface area contributed by atoms with Crippen molar-refractivity contribution < 1.29 is 5.11 Å². The van der Waals surface area contributed by atoms with Crippen molar-refractivity contribution in [1.82, 2.24) is 5.32 Å². The van der Waals surface area contributed by atoms with Gasteiger partial charge in [0.05, 0.1) is 6.10 Å². The van der Waals surface area contributed by atoms with Crippen molar-refractivity contribution in [3.8, 4) is 0 Å². The maximum atomic E-state index is 9.55. The van der Waals surface area contributed by atoms with Gasteiger partial charge in [0.15, 0.2) is 5.96 Å². The Bertz CT molecular complexity index is 204. The lowest BCUT2D eigenvalue weighted by atomic mass is 10.1. The van der Waals surface area contributed by atoms with Gasteiger partial charge in [-0.3, -0.25) is 4.99 Å². The number of aliphatic hydroxyl groups is 1. The van der Waals surface area contributed by atoms with Gasteiger partial charge in [0, 0.05) is 18.5 Å². The Balaban J connectivity index is 2.30. The monoisotopic (exact) mass is 199 g/mol. The van der Waals surface area contributed by atoms with Crippen molar-refractivity contribution in [2.75, 3.05) is 6.54 Å². The summed E-state index contributed by atoms with van der Waals surface area (Å²) in [4.78, 5) is 4.22. The number of aliphatic hydroxyl groups excluding tert-OH is 1. The second-order valence-corrected chi connectivity index (χ2v) is 4.28. The van der Waals surface area contributed by atoms with E-state index in [2.05, 4.69) is 10.3 Å². The van der Waals surface area contributed by atoms with Crippen molar-refractivity contribution >= 4 is 5.96 Å². The van der Waals surface area contributed by atoms with Gasteiger partial charge < -0.3 is 16.2 Å². The predicted octanol–water partition coefficient (Wildman–Crippen LogP) is 0.460. The Morgan fingerprint density at radius 1 is 1.57 bits per heavy atom. The van der Waals surface area contributed by atoms with Crippen LogP contribution in [0.3, 0.4) is 0 Å². The summed E-state index contributed by atoms with van der Waals surface area (Å²) in [6.07, 6.45) is 2.92. The molecule has 1 rings (SSSR count). The van der Waals surface area contributed by atoms with Crippen LogP contribution in [0.1, 0.15) is 33.1 Å². The van der Waals surface area contributed by atoms with E-state index in [0.29, 0.717) is 24.5 Å². The molecule has 1 saturated carbocycles. The molecular weight excluding hydrogens is 178 g/mol. The van der Waals surface area contributed by atoms with Crippen LogP contribution in [-0.4, -0.2) is 29.8 Å². The topological polar surface area (TPSA) is 70.6 Å². The molecule has 4 N–H and O–H groups in total. The number of hydrogen-bond acceptors (Lipinski definition) is 2. The van der Waals surface area contributed by atoms with Gasteiger partial charge in [-0.1, -0.05) is 6.42 Å². The lowest BCUT2D eigenvalue weighted by Gasteiger charge is -2.13. The average molecular weight is 199 g/mol. The molecule has 14 heavy (non-hydrogen) atoms. The molecule has 0 heterocycles. The van der Waals surface area contributed by atoms with E-state index in [0.717, 1.165) is 19.3 Å². The van der Waals surface area contributed by atoms with E-state index < -0.39 is 0 Å². The van der Waals surface area contributed by atoms with Gasteiger partial charge in [0.25, 0.3) is 0 Å². The Hall–Kier alpha value is -0.770. The van der Waals surface area contributed by atoms with Gasteiger partial charge in [-0.2, -0.15) is 0 Å². The minimum Gasteiger partial charge on any atom is -0.393 e. The first-order chi connectivity index (χ1) is 6.59. The van der Waals surface area contributed by atoms with E-state index in [1.54, 1.807) is 0 Å². The minimum absolute atomic E-state index is 0.175. The van der Waals surface area contributed by atoms with Crippen molar-refractivity contribution in [3.05, 3.63) is 0 Å². The Morgan fingerprint density at radius 2 is 2.29 bits per heavy atom. The number of aliphatic imine (C=N–C) groups is 1. The Morgan fingerprint density at radius 3 is 2.79 bits per heavy atom. The lowest BCUT2D eigenvalue weighted by Crippen LogP contribution is -2.37. The fraction of sp³-hybridized carbons (Fsp3) is 0.900. The third kappa shape index (κ3) is 3.54. The van der Waals surface area contributed by atoms with Crippen LogP contribution >= 0.6 is 0 Å². The van der Waals surface area contributed by atoms with Crippen LogP contribution in [-0.2, 0) is 0 Å². The second kappa shape index (κ2) is 5.20. The lowest BCUT2D eigenvalue weighted by molar-refractivity contribution is 0.136. The summed E-state index contributed by atoms with van der Waals surface area (Å²) in [5.41, 5.74) is 5.66. The number of nitrogens with two attached hydrogens (primary N) is 1. The SMILES string of the molecule is CC(C)NC(N)=NCC1CCCC1O. The summed E-state index contributed by atoms with van der Waals surface area (Å²) in [6.45, 7) is 4.69. The molecule has 1 fully saturated rings. The molecule has 1 aliphatic carbocycles. The van der Waals surface area contributed by atoms with Crippen molar-refractivity contribution in [2.45, 2.75) is 45.3 Å². The summed E-state index contributed by atoms with van der Waals surface area (Å²) >= 11 is 0. The largest absolute Gasteiger partial charge is 0.393 e. The predicted molar refractivity (Wildman–Crippen MR) is 58.1 cm³/mol. The number of rotatable bonds is 3. The van der Waals surface area contributed by atoms with Crippen molar-refractivity contribution in [3.63, 3.8) is 0 Å². The smallest absolute Gasteiger partial charge is 0.188 e.